The van der Waals surface area contributed by atoms with E-state index in [4.69, 9.17) is 0 Å². The van der Waals surface area contributed by atoms with Gasteiger partial charge < -0.3 is 10.6 Å². The zero-order valence-electron chi connectivity index (χ0n) is 21.0. The van der Waals surface area contributed by atoms with Gasteiger partial charge in [-0.05, 0) is 83.5 Å². The van der Waals surface area contributed by atoms with Gasteiger partial charge in [0.25, 0.3) is 11.8 Å². The third-order valence-electron chi connectivity index (χ3n) is 6.75. The standard InChI is InChI=1S/C30H23F2N5O2/c1-17-10-19(3-9-25(17)32)15-34-29(38)26-13-27(36-16-35-26)30(39)37-28-23-8-2-18(14-33)11-21(23)5-4-20-6-7-22(31)12-24(20)28/h2-3,6-13,16,28H,4-5,15H2,1H3,(H,34,38)(H,37,39). The molecule has 0 saturated carbocycles. The average molecular weight is 524 g/mol. The predicted octanol–water partition coefficient (Wildman–Crippen LogP) is 4.48. The first-order valence-electron chi connectivity index (χ1n) is 12.3. The zero-order chi connectivity index (χ0) is 27.5. The van der Waals surface area contributed by atoms with Gasteiger partial charge >= 0.3 is 0 Å². The number of benzene rings is 3. The van der Waals surface area contributed by atoms with Gasteiger partial charge in [-0.2, -0.15) is 5.26 Å². The van der Waals surface area contributed by atoms with Crippen LogP contribution in [0.2, 0.25) is 0 Å². The fraction of sp³-hybridized carbons (Fsp3) is 0.167. The van der Waals surface area contributed by atoms with Gasteiger partial charge in [-0.3, -0.25) is 9.59 Å². The van der Waals surface area contributed by atoms with Gasteiger partial charge in [0.15, 0.2) is 0 Å². The smallest absolute Gasteiger partial charge is 0.270 e. The van der Waals surface area contributed by atoms with E-state index in [0.717, 1.165) is 23.0 Å². The predicted molar refractivity (Wildman–Crippen MR) is 139 cm³/mol. The molecule has 39 heavy (non-hydrogen) atoms. The molecule has 5 rings (SSSR count). The van der Waals surface area contributed by atoms with E-state index < -0.39 is 23.7 Å². The van der Waals surface area contributed by atoms with Crippen LogP contribution in [0.15, 0.2) is 67.0 Å². The van der Waals surface area contributed by atoms with Gasteiger partial charge in [-0.25, -0.2) is 18.7 Å². The Bertz CT molecular complexity index is 1650. The largest absolute Gasteiger partial charge is 0.347 e. The third kappa shape index (κ3) is 5.50. The van der Waals surface area contributed by atoms with Crippen molar-refractivity contribution in [1.29, 1.82) is 5.26 Å². The first-order chi connectivity index (χ1) is 18.8. The number of nitriles is 1. The summed E-state index contributed by atoms with van der Waals surface area (Å²) in [7, 11) is 0. The van der Waals surface area contributed by atoms with E-state index >= 15 is 0 Å². The van der Waals surface area contributed by atoms with Crippen LogP contribution in [-0.2, 0) is 19.4 Å². The third-order valence-corrected chi connectivity index (χ3v) is 6.75. The van der Waals surface area contributed by atoms with Crippen LogP contribution in [0.4, 0.5) is 8.78 Å². The summed E-state index contributed by atoms with van der Waals surface area (Å²) in [6, 6.07) is 17.0. The summed E-state index contributed by atoms with van der Waals surface area (Å²) < 4.78 is 27.8. The maximum atomic E-state index is 14.3. The molecule has 9 heteroatoms. The Labute approximate surface area is 223 Å². The molecule has 0 saturated heterocycles. The lowest BCUT2D eigenvalue weighted by molar-refractivity contribution is 0.0937. The van der Waals surface area contributed by atoms with E-state index in [2.05, 4.69) is 26.7 Å². The highest BCUT2D eigenvalue weighted by Gasteiger charge is 2.27. The van der Waals surface area contributed by atoms with Crippen molar-refractivity contribution in [2.45, 2.75) is 32.4 Å². The van der Waals surface area contributed by atoms with Crippen molar-refractivity contribution in [1.82, 2.24) is 20.6 Å². The summed E-state index contributed by atoms with van der Waals surface area (Å²) in [5.41, 5.74) is 4.77. The number of nitrogens with one attached hydrogen (secondary N) is 2. The molecule has 2 N–H and O–H groups in total. The van der Waals surface area contributed by atoms with Crippen LogP contribution in [0.1, 0.15) is 66.0 Å². The van der Waals surface area contributed by atoms with Gasteiger partial charge in [0.05, 0.1) is 17.7 Å². The van der Waals surface area contributed by atoms with E-state index in [1.807, 2.05) is 0 Å². The summed E-state index contributed by atoms with van der Waals surface area (Å²) >= 11 is 0. The molecule has 2 amide bonds. The number of hydrogen-bond acceptors (Lipinski definition) is 5. The minimum atomic E-state index is -0.692. The van der Waals surface area contributed by atoms with E-state index in [9.17, 15) is 23.6 Å². The number of fused-ring (bicyclic) bond motifs is 2. The van der Waals surface area contributed by atoms with Crippen molar-refractivity contribution >= 4 is 11.8 Å². The number of rotatable bonds is 5. The maximum Gasteiger partial charge on any atom is 0.270 e. The molecular weight excluding hydrogens is 500 g/mol. The number of aromatic nitrogens is 2. The summed E-state index contributed by atoms with van der Waals surface area (Å²) in [5.74, 6) is -1.85. The van der Waals surface area contributed by atoms with Crippen molar-refractivity contribution in [2.24, 2.45) is 0 Å². The van der Waals surface area contributed by atoms with E-state index in [0.29, 0.717) is 35.1 Å². The molecule has 1 aliphatic rings. The Balaban J connectivity index is 1.39. The van der Waals surface area contributed by atoms with Gasteiger partial charge in [-0.1, -0.05) is 24.3 Å². The van der Waals surface area contributed by atoms with E-state index in [-0.39, 0.29) is 23.7 Å². The first-order valence-corrected chi connectivity index (χ1v) is 12.3. The maximum absolute atomic E-state index is 14.3. The molecule has 1 atom stereocenters. The molecule has 1 unspecified atom stereocenters. The first kappa shape index (κ1) is 25.7. The SMILES string of the molecule is Cc1cc(CNC(=O)c2cc(C(=O)NC3c4ccc(C#N)cc4CCc4ccc(F)cc43)ncn2)ccc1F. The fourth-order valence-corrected chi connectivity index (χ4v) is 4.73. The normalized spacial score (nSPS) is 13.8. The molecule has 4 aromatic rings. The monoisotopic (exact) mass is 523 g/mol. The lowest BCUT2D eigenvalue weighted by atomic mass is 9.93. The van der Waals surface area contributed by atoms with Crippen LogP contribution in [0.3, 0.4) is 0 Å². The molecule has 3 aromatic carbocycles. The molecule has 7 nitrogen and oxygen atoms in total. The van der Waals surface area contributed by atoms with Crippen LogP contribution in [0, 0.1) is 29.9 Å². The number of halogens is 2. The van der Waals surface area contributed by atoms with Crippen molar-refractivity contribution in [3.63, 3.8) is 0 Å². The number of aryl methyl sites for hydroxylation is 3. The molecule has 0 aliphatic heterocycles. The van der Waals surface area contributed by atoms with Crippen molar-refractivity contribution in [2.75, 3.05) is 0 Å². The van der Waals surface area contributed by atoms with Gasteiger partial charge in [-0.15, -0.1) is 0 Å². The van der Waals surface area contributed by atoms with Crippen LogP contribution in [0.5, 0.6) is 0 Å². The van der Waals surface area contributed by atoms with E-state index in [1.165, 1.54) is 24.3 Å². The topological polar surface area (TPSA) is 108 Å². The second-order valence-electron chi connectivity index (χ2n) is 9.33. The molecule has 0 radical (unpaired) electrons. The Morgan fingerprint density at radius 3 is 2.46 bits per heavy atom. The van der Waals surface area contributed by atoms with Gasteiger partial charge in [0.1, 0.15) is 29.3 Å². The summed E-state index contributed by atoms with van der Waals surface area (Å²) in [6.45, 7) is 1.79. The molecule has 194 valence electrons. The van der Waals surface area contributed by atoms with Crippen LogP contribution in [-0.4, -0.2) is 21.8 Å². The minimum Gasteiger partial charge on any atom is -0.347 e. The Morgan fingerprint density at radius 1 is 0.923 bits per heavy atom. The molecule has 1 aliphatic carbocycles. The number of nitrogens with zero attached hydrogens (tertiary/aromatic N) is 3. The molecular formula is C30H23F2N5O2. The zero-order valence-corrected chi connectivity index (χ0v) is 21.0. The highest BCUT2D eigenvalue weighted by Crippen LogP contribution is 2.34. The Hall–Kier alpha value is -4.97. The number of carbonyl (C=O) groups is 2. The Kier molecular flexibility index (Phi) is 7.10. The highest BCUT2D eigenvalue weighted by molar-refractivity contribution is 5.97. The van der Waals surface area contributed by atoms with Crippen molar-refractivity contribution in [3.8, 4) is 6.07 Å². The van der Waals surface area contributed by atoms with Crippen LogP contribution >= 0.6 is 0 Å². The summed E-state index contributed by atoms with van der Waals surface area (Å²) in [4.78, 5) is 34.1. The quantitative estimate of drug-likeness (QED) is 0.401. The number of amides is 2. The lowest BCUT2D eigenvalue weighted by Crippen LogP contribution is -2.31. The number of hydrogen-bond donors (Lipinski definition) is 2. The van der Waals surface area contributed by atoms with Gasteiger partial charge in [0, 0.05) is 12.6 Å². The average Bonchev–Trinajstić information content (AvgIpc) is 3.09. The molecule has 1 heterocycles. The van der Waals surface area contributed by atoms with Crippen molar-refractivity contribution in [3.05, 3.63) is 129 Å². The highest BCUT2D eigenvalue weighted by atomic mass is 19.1. The Morgan fingerprint density at radius 2 is 1.69 bits per heavy atom. The second-order valence-corrected chi connectivity index (χ2v) is 9.33. The molecule has 0 fully saturated rings. The number of carbonyl (C=O) groups excluding carboxylic acids is 2. The van der Waals surface area contributed by atoms with Crippen LogP contribution < -0.4 is 10.6 Å². The minimum absolute atomic E-state index is 0.0136. The molecule has 0 spiro atoms. The van der Waals surface area contributed by atoms with E-state index in [1.54, 1.807) is 43.3 Å². The fourth-order valence-electron chi connectivity index (χ4n) is 4.73. The molecule has 1 aromatic heterocycles. The lowest BCUT2D eigenvalue weighted by Gasteiger charge is -2.22. The summed E-state index contributed by atoms with van der Waals surface area (Å²) in [6.07, 6.45) is 2.37. The van der Waals surface area contributed by atoms with Crippen LogP contribution in [0.25, 0.3) is 0 Å². The summed E-state index contributed by atoms with van der Waals surface area (Å²) in [5, 5.41) is 15.0. The molecule has 0 bridgehead atoms. The second kappa shape index (κ2) is 10.8. The van der Waals surface area contributed by atoms with Crippen molar-refractivity contribution < 1.29 is 18.4 Å². The van der Waals surface area contributed by atoms with Gasteiger partial charge in [0.2, 0.25) is 0 Å².